The number of aromatic amines is 1. The van der Waals surface area contributed by atoms with E-state index in [0.717, 1.165) is 55.4 Å². The zero-order chi connectivity index (χ0) is 22.8. The number of nitrogens with one attached hydrogen (secondary N) is 2. The lowest BCUT2D eigenvalue weighted by Gasteiger charge is -2.33. The highest BCUT2D eigenvalue weighted by Gasteiger charge is 2.31. The predicted molar refractivity (Wildman–Crippen MR) is 128 cm³/mol. The lowest BCUT2D eigenvalue weighted by Crippen LogP contribution is -2.40. The van der Waals surface area contributed by atoms with Gasteiger partial charge in [0.1, 0.15) is 0 Å². The molecule has 2 aromatic carbocycles. The lowest BCUT2D eigenvalue weighted by atomic mass is 9.88. The normalized spacial score (nSPS) is 17.2. The van der Waals surface area contributed by atoms with Crippen LogP contribution < -0.4 is 5.32 Å². The fourth-order valence-corrected chi connectivity index (χ4v) is 5.33. The van der Waals surface area contributed by atoms with E-state index in [1.165, 1.54) is 18.4 Å². The highest BCUT2D eigenvalue weighted by molar-refractivity contribution is 6.05. The molecule has 1 aliphatic heterocycles. The summed E-state index contributed by atoms with van der Waals surface area (Å²) in [4.78, 5) is 30.9. The number of aromatic nitrogens is 1. The molecule has 2 N–H and O–H groups in total. The molecule has 33 heavy (non-hydrogen) atoms. The number of hydrogen-bond donors (Lipinski definition) is 2. The first-order valence-corrected chi connectivity index (χ1v) is 11.8. The molecule has 6 nitrogen and oxygen atoms in total. The molecule has 0 bridgehead atoms. The Bertz CT molecular complexity index is 1220. The van der Waals surface area contributed by atoms with E-state index in [1.807, 2.05) is 18.2 Å². The number of rotatable bonds is 4. The zero-order valence-electron chi connectivity index (χ0n) is 18.6. The van der Waals surface area contributed by atoms with Crippen molar-refractivity contribution in [2.45, 2.75) is 44.4 Å². The molecule has 3 aromatic rings. The number of piperidine rings is 1. The Hall–Kier alpha value is -3.59. The van der Waals surface area contributed by atoms with Crippen LogP contribution in [0.4, 0.5) is 5.69 Å². The molecule has 1 saturated carbocycles. The molecule has 1 aromatic heterocycles. The Morgan fingerprint density at radius 3 is 2.58 bits per heavy atom. The van der Waals surface area contributed by atoms with Gasteiger partial charge in [0.25, 0.3) is 5.91 Å². The van der Waals surface area contributed by atoms with Gasteiger partial charge in [0, 0.05) is 47.4 Å². The number of anilines is 1. The zero-order valence-corrected chi connectivity index (χ0v) is 18.6. The van der Waals surface area contributed by atoms with Gasteiger partial charge in [-0.05, 0) is 73.6 Å². The summed E-state index contributed by atoms with van der Waals surface area (Å²) in [7, 11) is 0. The summed E-state index contributed by atoms with van der Waals surface area (Å²) < 4.78 is 0. The van der Waals surface area contributed by atoms with Crippen LogP contribution in [-0.2, 0) is 4.79 Å². The number of amides is 2. The standard InChI is InChI=1S/C27H28N4O2/c28-16-18-4-3-7-21(14-18)26(32)30-22-8-9-25-23(15-22)24(17-29-25)19-10-12-31(13-11-19)27(33)20-5-1-2-6-20/h3-4,7-9,14-15,17,19-20,29H,1-2,5-6,10-13H2,(H,30,32). The topological polar surface area (TPSA) is 89.0 Å². The van der Waals surface area contributed by atoms with Gasteiger partial charge < -0.3 is 15.2 Å². The van der Waals surface area contributed by atoms with Gasteiger partial charge in [-0.15, -0.1) is 0 Å². The van der Waals surface area contributed by atoms with Crippen molar-refractivity contribution in [3.63, 3.8) is 0 Å². The fraction of sp³-hybridized carbons (Fsp3) is 0.370. The maximum absolute atomic E-state index is 12.8. The highest BCUT2D eigenvalue weighted by Crippen LogP contribution is 2.35. The Kier molecular flexibility index (Phi) is 5.87. The molecule has 2 amide bonds. The van der Waals surface area contributed by atoms with Crippen LogP contribution in [0.15, 0.2) is 48.7 Å². The van der Waals surface area contributed by atoms with Crippen LogP contribution in [0.2, 0.25) is 0 Å². The molecule has 2 aliphatic rings. The number of fused-ring (bicyclic) bond motifs is 1. The van der Waals surface area contributed by atoms with Gasteiger partial charge in [0.05, 0.1) is 11.6 Å². The molecule has 0 atom stereocenters. The molecular weight excluding hydrogens is 412 g/mol. The van der Waals surface area contributed by atoms with Crippen molar-refractivity contribution < 1.29 is 9.59 Å². The minimum absolute atomic E-state index is 0.234. The van der Waals surface area contributed by atoms with Gasteiger partial charge in [-0.25, -0.2) is 0 Å². The van der Waals surface area contributed by atoms with Gasteiger partial charge in [-0.2, -0.15) is 5.26 Å². The smallest absolute Gasteiger partial charge is 0.255 e. The van der Waals surface area contributed by atoms with Crippen molar-refractivity contribution >= 4 is 28.4 Å². The third kappa shape index (κ3) is 4.36. The molecular formula is C27H28N4O2. The first-order chi connectivity index (χ1) is 16.1. The van der Waals surface area contributed by atoms with E-state index in [0.29, 0.717) is 23.0 Å². The van der Waals surface area contributed by atoms with Gasteiger partial charge in [-0.3, -0.25) is 9.59 Å². The molecule has 168 valence electrons. The van der Waals surface area contributed by atoms with Crippen LogP contribution in [0, 0.1) is 17.2 Å². The molecule has 0 radical (unpaired) electrons. The van der Waals surface area contributed by atoms with Gasteiger partial charge >= 0.3 is 0 Å². The van der Waals surface area contributed by atoms with E-state index in [1.54, 1.807) is 24.3 Å². The second-order valence-electron chi connectivity index (χ2n) is 9.23. The number of nitriles is 1. The first-order valence-electron chi connectivity index (χ1n) is 11.8. The number of carbonyl (C=O) groups excluding carboxylic acids is 2. The SMILES string of the molecule is N#Cc1cccc(C(=O)Nc2ccc3[nH]cc(C4CCN(C(=O)C5CCCC5)CC4)c3c2)c1. The number of carbonyl (C=O) groups is 2. The molecule has 1 aliphatic carbocycles. The largest absolute Gasteiger partial charge is 0.361 e. The van der Waals surface area contributed by atoms with E-state index in [2.05, 4.69) is 27.5 Å². The maximum Gasteiger partial charge on any atom is 0.255 e. The average Bonchev–Trinajstić information content (AvgIpc) is 3.54. The van der Waals surface area contributed by atoms with Crippen molar-refractivity contribution in [2.24, 2.45) is 5.92 Å². The van der Waals surface area contributed by atoms with E-state index in [-0.39, 0.29) is 11.8 Å². The number of H-pyrrole nitrogens is 1. The summed E-state index contributed by atoms with van der Waals surface area (Å²) in [5.74, 6) is 0.761. The van der Waals surface area contributed by atoms with Crippen molar-refractivity contribution in [1.82, 2.24) is 9.88 Å². The minimum Gasteiger partial charge on any atom is -0.361 e. The molecule has 0 unspecified atom stereocenters. The van der Waals surface area contributed by atoms with E-state index >= 15 is 0 Å². The van der Waals surface area contributed by atoms with Crippen molar-refractivity contribution in [1.29, 1.82) is 5.26 Å². The van der Waals surface area contributed by atoms with E-state index < -0.39 is 0 Å². The van der Waals surface area contributed by atoms with Crippen molar-refractivity contribution in [3.8, 4) is 6.07 Å². The predicted octanol–water partition coefficient (Wildman–Crippen LogP) is 5.19. The molecule has 6 heteroatoms. The Morgan fingerprint density at radius 2 is 1.82 bits per heavy atom. The van der Waals surface area contributed by atoms with Crippen LogP contribution >= 0.6 is 0 Å². The highest BCUT2D eigenvalue weighted by atomic mass is 16.2. The van der Waals surface area contributed by atoms with E-state index in [4.69, 9.17) is 5.26 Å². The van der Waals surface area contributed by atoms with Gasteiger partial charge in [0.2, 0.25) is 5.91 Å². The second kappa shape index (κ2) is 9.11. The number of likely N-dealkylation sites (tertiary alicyclic amines) is 1. The summed E-state index contributed by atoms with van der Waals surface area (Å²) in [6, 6.07) is 14.7. The molecule has 2 fully saturated rings. The summed E-state index contributed by atoms with van der Waals surface area (Å²) in [6.45, 7) is 1.64. The maximum atomic E-state index is 12.8. The van der Waals surface area contributed by atoms with Crippen molar-refractivity contribution in [2.75, 3.05) is 18.4 Å². The molecule has 5 rings (SSSR count). The third-order valence-corrected chi connectivity index (χ3v) is 7.18. The van der Waals surface area contributed by atoms with Crippen LogP contribution in [0.5, 0.6) is 0 Å². The van der Waals surface area contributed by atoms with Crippen LogP contribution in [-0.4, -0.2) is 34.8 Å². The molecule has 2 heterocycles. The molecule has 0 spiro atoms. The van der Waals surface area contributed by atoms with Crippen LogP contribution in [0.25, 0.3) is 10.9 Å². The Labute approximate surface area is 193 Å². The van der Waals surface area contributed by atoms with Crippen LogP contribution in [0.1, 0.15) is 65.9 Å². The van der Waals surface area contributed by atoms with Gasteiger partial charge in [0.15, 0.2) is 0 Å². The fourth-order valence-electron chi connectivity index (χ4n) is 5.33. The summed E-state index contributed by atoms with van der Waals surface area (Å²) in [5.41, 5.74) is 3.94. The molecule has 1 saturated heterocycles. The summed E-state index contributed by atoms with van der Waals surface area (Å²) in [5, 5.41) is 13.1. The van der Waals surface area contributed by atoms with Gasteiger partial charge in [-0.1, -0.05) is 18.9 Å². The minimum atomic E-state index is -0.234. The summed E-state index contributed by atoms with van der Waals surface area (Å²) >= 11 is 0. The monoisotopic (exact) mass is 440 g/mol. The van der Waals surface area contributed by atoms with Crippen LogP contribution in [0.3, 0.4) is 0 Å². The number of nitrogens with zero attached hydrogens (tertiary/aromatic N) is 2. The van der Waals surface area contributed by atoms with Crippen molar-refractivity contribution in [3.05, 3.63) is 65.4 Å². The van der Waals surface area contributed by atoms with E-state index in [9.17, 15) is 9.59 Å². The second-order valence-corrected chi connectivity index (χ2v) is 9.23. The number of benzene rings is 2. The Morgan fingerprint density at radius 1 is 1.03 bits per heavy atom. The third-order valence-electron chi connectivity index (χ3n) is 7.18. The lowest BCUT2D eigenvalue weighted by molar-refractivity contribution is -0.136. The first kappa shape index (κ1) is 21.3. The summed E-state index contributed by atoms with van der Waals surface area (Å²) in [6.07, 6.45) is 8.47. The average molecular weight is 441 g/mol. The Balaban J connectivity index is 1.29. The quantitative estimate of drug-likeness (QED) is 0.585. The number of hydrogen-bond acceptors (Lipinski definition) is 3.